The Morgan fingerprint density at radius 2 is 1.84 bits per heavy atom. The molecule has 0 fully saturated rings. The number of hydrogen-bond acceptors (Lipinski definition) is 4. The molecular formula is C20H19N3O2. The minimum absolute atomic E-state index is 0.154. The van der Waals surface area contributed by atoms with Gasteiger partial charge in [0.1, 0.15) is 11.8 Å². The van der Waals surface area contributed by atoms with Gasteiger partial charge in [-0.1, -0.05) is 48.5 Å². The Labute approximate surface area is 146 Å². The van der Waals surface area contributed by atoms with Crippen molar-refractivity contribution in [1.82, 2.24) is 5.43 Å². The summed E-state index contributed by atoms with van der Waals surface area (Å²) in [5.41, 5.74) is 4.11. The molecule has 0 radical (unpaired) electrons. The van der Waals surface area contributed by atoms with Gasteiger partial charge in [0, 0.05) is 11.1 Å². The summed E-state index contributed by atoms with van der Waals surface area (Å²) in [4.78, 5) is 12.2. The lowest BCUT2D eigenvalue weighted by Crippen LogP contribution is -2.34. The molecule has 3 aromatic rings. The summed E-state index contributed by atoms with van der Waals surface area (Å²) in [6, 6.07) is 20.1. The van der Waals surface area contributed by atoms with E-state index in [-0.39, 0.29) is 11.7 Å². The lowest BCUT2D eigenvalue weighted by atomic mass is 10.1. The number of rotatable bonds is 5. The van der Waals surface area contributed by atoms with Crippen LogP contribution in [0.2, 0.25) is 0 Å². The van der Waals surface area contributed by atoms with E-state index in [1.54, 1.807) is 31.2 Å². The number of carbonyl (C=O) groups is 1. The number of anilines is 1. The van der Waals surface area contributed by atoms with E-state index < -0.39 is 6.04 Å². The molecule has 0 spiro atoms. The molecule has 0 aliphatic rings. The highest BCUT2D eigenvalue weighted by molar-refractivity contribution is 5.96. The van der Waals surface area contributed by atoms with Crippen molar-refractivity contribution in [2.45, 2.75) is 13.0 Å². The molecule has 0 aliphatic heterocycles. The fraction of sp³-hybridized carbons (Fsp3) is 0.100. The molecule has 25 heavy (non-hydrogen) atoms. The molecule has 3 rings (SSSR count). The van der Waals surface area contributed by atoms with Gasteiger partial charge in [-0.25, -0.2) is 5.43 Å². The number of hydrogen-bond donors (Lipinski definition) is 3. The van der Waals surface area contributed by atoms with Gasteiger partial charge in [0.05, 0.1) is 6.21 Å². The normalized spacial score (nSPS) is 12.2. The standard InChI is InChI=1S/C20H19N3O2/c1-14(20(25)23-21-13-15-6-4-9-17(24)12-15)22-19-11-5-8-16-7-2-3-10-18(16)19/h2-14,22,24H,1H3,(H,23,25)/b21-13+. The van der Waals surface area contributed by atoms with Crippen LogP contribution in [0, 0.1) is 0 Å². The van der Waals surface area contributed by atoms with Gasteiger partial charge < -0.3 is 10.4 Å². The van der Waals surface area contributed by atoms with E-state index in [1.807, 2.05) is 42.5 Å². The molecule has 0 saturated heterocycles. The van der Waals surface area contributed by atoms with E-state index in [9.17, 15) is 9.90 Å². The highest BCUT2D eigenvalue weighted by Crippen LogP contribution is 2.23. The van der Waals surface area contributed by atoms with E-state index in [2.05, 4.69) is 15.8 Å². The van der Waals surface area contributed by atoms with Gasteiger partial charge in [0.25, 0.3) is 5.91 Å². The fourth-order valence-electron chi connectivity index (χ4n) is 2.52. The van der Waals surface area contributed by atoms with Crippen LogP contribution in [0.4, 0.5) is 5.69 Å². The van der Waals surface area contributed by atoms with Gasteiger partial charge in [-0.3, -0.25) is 4.79 Å². The zero-order chi connectivity index (χ0) is 17.6. The van der Waals surface area contributed by atoms with Crippen molar-refractivity contribution in [3.8, 4) is 5.75 Å². The number of nitrogens with zero attached hydrogens (tertiary/aromatic N) is 1. The largest absolute Gasteiger partial charge is 0.508 e. The number of carbonyl (C=O) groups excluding carboxylic acids is 1. The van der Waals surface area contributed by atoms with Gasteiger partial charge in [-0.15, -0.1) is 0 Å². The zero-order valence-electron chi connectivity index (χ0n) is 13.8. The van der Waals surface area contributed by atoms with Crippen LogP contribution in [-0.2, 0) is 4.79 Å². The molecule has 0 aromatic heterocycles. The van der Waals surface area contributed by atoms with Gasteiger partial charge in [-0.05, 0) is 36.1 Å². The first-order valence-corrected chi connectivity index (χ1v) is 8.00. The Hall–Kier alpha value is -3.34. The summed E-state index contributed by atoms with van der Waals surface area (Å²) in [6.07, 6.45) is 1.49. The minimum Gasteiger partial charge on any atom is -0.508 e. The highest BCUT2D eigenvalue weighted by atomic mass is 16.3. The van der Waals surface area contributed by atoms with Crippen molar-refractivity contribution in [3.05, 3.63) is 72.3 Å². The second kappa shape index (κ2) is 7.49. The van der Waals surface area contributed by atoms with Crippen LogP contribution in [0.15, 0.2) is 71.8 Å². The molecule has 3 N–H and O–H groups in total. The lowest BCUT2D eigenvalue weighted by Gasteiger charge is -2.15. The van der Waals surface area contributed by atoms with Crippen LogP contribution in [-0.4, -0.2) is 23.3 Å². The van der Waals surface area contributed by atoms with Crippen molar-refractivity contribution in [2.24, 2.45) is 5.10 Å². The van der Waals surface area contributed by atoms with Crippen LogP contribution >= 0.6 is 0 Å². The number of benzene rings is 3. The molecule has 1 amide bonds. The van der Waals surface area contributed by atoms with Crippen LogP contribution in [0.25, 0.3) is 10.8 Å². The molecule has 0 saturated carbocycles. The number of fused-ring (bicyclic) bond motifs is 1. The summed E-state index contributed by atoms with van der Waals surface area (Å²) in [5, 5.41) is 18.7. The number of aromatic hydroxyl groups is 1. The Morgan fingerprint density at radius 3 is 2.68 bits per heavy atom. The third kappa shape index (κ3) is 4.14. The lowest BCUT2D eigenvalue weighted by molar-refractivity contribution is -0.121. The first-order valence-electron chi connectivity index (χ1n) is 8.00. The van der Waals surface area contributed by atoms with Gasteiger partial charge in [0.15, 0.2) is 0 Å². The summed E-state index contributed by atoms with van der Waals surface area (Å²) in [5.74, 6) is -0.0920. The SMILES string of the molecule is CC(Nc1cccc2ccccc12)C(=O)N/N=C/c1cccc(O)c1. The first kappa shape index (κ1) is 16.5. The van der Waals surface area contributed by atoms with Crippen molar-refractivity contribution in [3.63, 3.8) is 0 Å². The smallest absolute Gasteiger partial charge is 0.262 e. The van der Waals surface area contributed by atoms with Gasteiger partial charge >= 0.3 is 0 Å². The highest BCUT2D eigenvalue weighted by Gasteiger charge is 2.12. The maximum atomic E-state index is 12.2. The molecule has 1 atom stereocenters. The second-order valence-corrected chi connectivity index (χ2v) is 5.72. The topological polar surface area (TPSA) is 73.7 Å². The van der Waals surface area contributed by atoms with Crippen LogP contribution in [0.1, 0.15) is 12.5 Å². The maximum absolute atomic E-state index is 12.2. The molecule has 0 aliphatic carbocycles. The van der Waals surface area contributed by atoms with E-state index >= 15 is 0 Å². The van der Waals surface area contributed by atoms with E-state index in [0.717, 1.165) is 16.5 Å². The number of nitrogens with one attached hydrogen (secondary N) is 2. The summed E-state index contributed by atoms with van der Waals surface area (Å²) in [7, 11) is 0. The maximum Gasteiger partial charge on any atom is 0.262 e. The Bertz CT molecular complexity index is 916. The number of phenols is 1. The average molecular weight is 333 g/mol. The Kier molecular flexibility index (Phi) is 4.95. The predicted molar refractivity (Wildman–Crippen MR) is 101 cm³/mol. The fourth-order valence-corrected chi connectivity index (χ4v) is 2.52. The van der Waals surface area contributed by atoms with Gasteiger partial charge in [-0.2, -0.15) is 5.10 Å². The van der Waals surface area contributed by atoms with E-state index in [0.29, 0.717) is 5.56 Å². The number of phenolic OH excluding ortho intramolecular Hbond substituents is 1. The second-order valence-electron chi connectivity index (χ2n) is 5.72. The quantitative estimate of drug-likeness (QED) is 0.494. The molecule has 126 valence electrons. The molecular weight excluding hydrogens is 314 g/mol. The van der Waals surface area contributed by atoms with Crippen molar-refractivity contribution >= 4 is 28.6 Å². The zero-order valence-corrected chi connectivity index (χ0v) is 13.8. The molecule has 5 heteroatoms. The third-order valence-corrected chi connectivity index (χ3v) is 3.81. The van der Waals surface area contributed by atoms with Crippen LogP contribution in [0.5, 0.6) is 5.75 Å². The van der Waals surface area contributed by atoms with Crippen molar-refractivity contribution in [2.75, 3.05) is 5.32 Å². The monoisotopic (exact) mass is 333 g/mol. The minimum atomic E-state index is -0.452. The molecule has 5 nitrogen and oxygen atoms in total. The van der Waals surface area contributed by atoms with Crippen molar-refractivity contribution in [1.29, 1.82) is 0 Å². The predicted octanol–water partition coefficient (Wildman–Crippen LogP) is 3.50. The third-order valence-electron chi connectivity index (χ3n) is 3.81. The van der Waals surface area contributed by atoms with Gasteiger partial charge in [0.2, 0.25) is 0 Å². The average Bonchev–Trinajstić information content (AvgIpc) is 2.62. The number of hydrazone groups is 1. The Balaban J connectivity index is 1.64. The molecule has 3 aromatic carbocycles. The molecule has 0 bridgehead atoms. The molecule has 0 heterocycles. The summed E-state index contributed by atoms with van der Waals surface area (Å²) >= 11 is 0. The Morgan fingerprint density at radius 1 is 1.08 bits per heavy atom. The summed E-state index contributed by atoms with van der Waals surface area (Å²) in [6.45, 7) is 1.78. The molecule has 1 unspecified atom stereocenters. The summed E-state index contributed by atoms with van der Waals surface area (Å²) < 4.78 is 0. The van der Waals surface area contributed by atoms with Crippen molar-refractivity contribution < 1.29 is 9.90 Å². The number of amides is 1. The van der Waals surface area contributed by atoms with Crippen LogP contribution in [0.3, 0.4) is 0 Å². The van der Waals surface area contributed by atoms with Crippen LogP contribution < -0.4 is 10.7 Å². The van der Waals surface area contributed by atoms with E-state index in [1.165, 1.54) is 6.21 Å². The first-order chi connectivity index (χ1) is 12.1. The van der Waals surface area contributed by atoms with E-state index in [4.69, 9.17) is 0 Å².